The molecule has 0 nitrogen and oxygen atoms in total. The zero-order chi connectivity index (χ0) is 14.5. The van der Waals surface area contributed by atoms with Crippen molar-refractivity contribution in [2.45, 2.75) is 71.1 Å². The summed E-state index contributed by atoms with van der Waals surface area (Å²) in [6.07, 6.45) is 14.8. The Kier molecular flexibility index (Phi) is 5.38. The highest BCUT2D eigenvalue weighted by Gasteiger charge is 2.34. The van der Waals surface area contributed by atoms with E-state index in [4.69, 9.17) is 0 Å². The van der Waals surface area contributed by atoms with E-state index in [0.29, 0.717) is 0 Å². The molecule has 2 saturated carbocycles. The minimum absolute atomic E-state index is 1.01. The van der Waals surface area contributed by atoms with Crippen LogP contribution in [0.1, 0.15) is 70.3 Å². The lowest BCUT2D eigenvalue weighted by molar-refractivity contribution is 0.0921. The Bertz CT molecular complexity index is 407. The Morgan fingerprint density at radius 3 is 2.05 bits per heavy atom. The maximum atomic E-state index is 2.35. The molecule has 0 heteroatoms. The Morgan fingerprint density at radius 2 is 1.43 bits per heavy atom. The van der Waals surface area contributed by atoms with Crippen LogP contribution >= 0.6 is 0 Å². The van der Waals surface area contributed by atoms with Crippen LogP contribution in [0.15, 0.2) is 30.3 Å². The van der Waals surface area contributed by atoms with Crippen LogP contribution in [0.5, 0.6) is 0 Å². The van der Waals surface area contributed by atoms with Crippen molar-refractivity contribution in [3.8, 4) is 0 Å². The van der Waals surface area contributed by atoms with E-state index >= 15 is 0 Å². The zero-order valence-corrected chi connectivity index (χ0v) is 13.8. The lowest BCUT2D eigenvalue weighted by atomic mass is 9.63. The molecule has 1 aromatic carbocycles. The van der Waals surface area contributed by atoms with Crippen LogP contribution in [0.25, 0.3) is 0 Å². The average molecular weight is 284 g/mol. The topological polar surface area (TPSA) is 0 Å². The zero-order valence-electron chi connectivity index (χ0n) is 13.8. The summed E-state index contributed by atoms with van der Waals surface area (Å²) in [4.78, 5) is 0. The van der Waals surface area contributed by atoms with Gasteiger partial charge in [0.05, 0.1) is 0 Å². The van der Waals surface area contributed by atoms with Crippen LogP contribution in [0.4, 0.5) is 0 Å². The fraction of sp³-hybridized carbons (Fsp3) is 0.714. The Labute approximate surface area is 131 Å². The number of fused-ring (bicyclic) bond motifs is 1. The molecule has 2 fully saturated rings. The first kappa shape index (κ1) is 15.1. The van der Waals surface area contributed by atoms with Gasteiger partial charge in [-0.3, -0.25) is 0 Å². The summed E-state index contributed by atoms with van der Waals surface area (Å²) >= 11 is 0. The predicted octanol–water partition coefficient (Wildman–Crippen LogP) is 6.25. The summed E-state index contributed by atoms with van der Waals surface area (Å²) in [5.41, 5.74) is 1.53. The molecule has 0 aliphatic heterocycles. The van der Waals surface area contributed by atoms with Crippen molar-refractivity contribution >= 4 is 0 Å². The second-order valence-corrected chi connectivity index (χ2v) is 7.69. The first-order chi connectivity index (χ1) is 10.3. The minimum Gasteiger partial charge on any atom is -0.0654 e. The van der Waals surface area contributed by atoms with E-state index in [2.05, 4.69) is 37.3 Å². The van der Waals surface area contributed by atoms with Crippen molar-refractivity contribution in [1.82, 2.24) is 0 Å². The van der Waals surface area contributed by atoms with Crippen molar-refractivity contribution in [3.63, 3.8) is 0 Å². The molecule has 0 amide bonds. The lowest BCUT2D eigenvalue weighted by Crippen LogP contribution is -2.31. The van der Waals surface area contributed by atoms with Crippen LogP contribution in [-0.2, 0) is 6.42 Å². The molecule has 2 aliphatic rings. The van der Waals surface area contributed by atoms with E-state index in [1.807, 2.05) is 0 Å². The van der Waals surface area contributed by atoms with Crippen molar-refractivity contribution in [3.05, 3.63) is 35.9 Å². The monoisotopic (exact) mass is 284 g/mol. The van der Waals surface area contributed by atoms with Crippen molar-refractivity contribution in [2.24, 2.45) is 23.7 Å². The molecule has 4 atom stereocenters. The molecule has 0 N–H and O–H groups in total. The van der Waals surface area contributed by atoms with E-state index < -0.39 is 0 Å². The third-order valence-corrected chi connectivity index (χ3v) is 6.21. The second kappa shape index (κ2) is 7.47. The van der Waals surface area contributed by atoms with Crippen molar-refractivity contribution in [1.29, 1.82) is 0 Å². The smallest absolute Gasteiger partial charge is 0.0276 e. The summed E-state index contributed by atoms with van der Waals surface area (Å²) in [6.45, 7) is 2.35. The number of hydrogen-bond donors (Lipinski definition) is 0. The van der Waals surface area contributed by atoms with E-state index in [1.165, 1.54) is 63.4 Å². The Balaban J connectivity index is 1.45. The van der Waals surface area contributed by atoms with Gasteiger partial charge in [-0.1, -0.05) is 62.9 Å². The molecule has 0 saturated heterocycles. The van der Waals surface area contributed by atoms with Crippen LogP contribution < -0.4 is 0 Å². The van der Waals surface area contributed by atoms with Crippen molar-refractivity contribution in [2.75, 3.05) is 0 Å². The summed E-state index contributed by atoms with van der Waals surface area (Å²) in [5.74, 6) is 4.24. The lowest BCUT2D eigenvalue weighted by Gasteiger charge is -2.42. The molecular weight excluding hydrogens is 252 g/mol. The maximum Gasteiger partial charge on any atom is -0.0276 e. The van der Waals surface area contributed by atoms with Crippen LogP contribution in [0.2, 0.25) is 0 Å². The maximum absolute atomic E-state index is 2.35. The van der Waals surface area contributed by atoms with Crippen LogP contribution in [0, 0.1) is 23.7 Å². The number of rotatable bonds is 5. The second-order valence-electron chi connectivity index (χ2n) is 7.69. The van der Waals surface area contributed by atoms with Gasteiger partial charge in [-0.2, -0.15) is 0 Å². The quantitative estimate of drug-likeness (QED) is 0.599. The van der Waals surface area contributed by atoms with Gasteiger partial charge in [0.1, 0.15) is 0 Å². The van der Waals surface area contributed by atoms with Crippen LogP contribution in [-0.4, -0.2) is 0 Å². The SMILES string of the molecule is CCCC1CCC2CC(CCc3ccccc3)CCC2C1. The molecule has 0 aromatic heterocycles. The summed E-state index contributed by atoms with van der Waals surface area (Å²) in [6, 6.07) is 11.1. The Hall–Kier alpha value is -0.780. The van der Waals surface area contributed by atoms with Gasteiger partial charge >= 0.3 is 0 Å². The molecule has 116 valence electrons. The number of benzene rings is 1. The summed E-state index contributed by atoms with van der Waals surface area (Å²) < 4.78 is 0. The van der Waals surface area contributed by atoms with Gasteiger partial charge in [0.15, 0.2) is 0 Å². The predicted molar refractivity (Wildman–Crippen MR) is 91.3 cm³/mol. The largest absolute Gasteiger partial charge is 0.0654 e. The van der Waals surface area contributed by atoms with E-state index in [9.17, 15) is 0 Å². The summed E-state index contributed by atoms with van der Waals surface area (Å²) in [5, 5.41) is 0. The molecule has 0 heterocycles. The normalized spacial score (nSPS) is 32.6. The molecule has 3 rings (SSSR count). The molecule has 2 aliphatic carbocycles. The van der Waals surface area contributed by atoms with Gasteiger partial charge in [0.2, 0.25) is 0 Å². The fourth-order valence-corrected chi connectivity index (χ4v) is 5.03. The van der Waals surface area contributed by atoms with Crippen molar-refractivity contribution < 1.29 is 0 Å². The third kappa shape index (κ3) is 4.11. The van der Waals surface area contributed by atoms with Gasteiger partial charge < -0.3 is 0 Å². The van der Waals surface area contributed by atoms with E-state index in [0.717, 1.165) is 23.7 Å². The fourth-order valence-electron chi connectivity index (χ4n) is 5.03. The third-order valence-electron chi connectivity index (χ3n) is 6.21. The first-order valence-electron chi connectivity index (χ1n) is 9.39. The van der Waals surface area contributed by atoms with E-state index in [1.54, 1.807) is 6.42 Å². The molecule has 0 radical (unpaired) electrons. The minimum atomic E-state index is 1.01. The summed E-state index contributed by atoms with van der Waals surface area (Å²) in [7, 11) is 0. The molecule has 1 aromatic rings. The Morgan fingerprint density at radius 1 is 0.810 bits per heavy atom. The van der Waals surface area contributed by atoms with Crippen LogP contribution in [0.3, 0.4) is 0 Å². The highest BCUT2D eigenvalue weighted by Crippen LogP contribution is 2.46. The van der Waals surface area contributed by atoms with Gasteiger partial charge in [-0.15, -0.1) is 0 Å². The number of aryl methyl sites for hydroxylation is 1. The van der Waals surface area contributed by atoms with Gasteiger partial charge in [0, 0.05) is 0 Å². The molecular formula is C21H32. The molecule has 4 unspecified atom stereocenters. The standard InChI is InChI=1S/C21H32/c1-2-6-18-11-13-21-16-19(12-14-20(21)15-18)10-9-17-7-4-3-5-8-17/h3-5,7-8,18-21H,2,6,9-16H2,1H3. The number of hydrogen-bond acceptors (Lipinski definition) is 0. The molecule has 21 heavy (non-hydrogen) atoms. The molecule has 0 spiro atoms. The van der Waals surface area contributed by atoms with Gasteiger partial charge in [0.25, 0.3) is 0 Å². The highest BCUT2D eigenvalue weighted by atomic mass is 14.4. The van der Waals surface area contributed by atoms with E-state index in [-0.39, 0.29) is 0 Å². The average Bonchev–Trinajstić information content (AvgIpc) is 2.54. The molecule has 0 bridgehead atoms. The highest BCUT2D eigenvalue weighted by molar-refractivity contribution is 5.14. The van der Waals surface area contributed by atoms with Gasteiger partial charge in [-0.05, 0) is 67.8 Å². The van der Waals surface area contributed by atoms with Gasteiger partial charge in [-0.25, -0.2) is 0 Å². The first-order valence-corrected chi connectivity index (χ1v) is 9.39.